The molecule has 4 heteroatoms. The minimum atomic E-state index is -0.247. The van der Waals surface area contributed by atoms with Crippen LogP contribution in [0.25, 0.3) is 0 Å². The molecule has 0 saturated heterocycles. The Kier molecular flexibility index (Phi) is 3.23. The zero-order chi connectivity index (χ0) is 12.3. The maximum atomic E-state index is 11.9. The van der Waals surface area contributed by atoms with Crippen LogP contribution in [-0.4, -0.2) is 10.9 Å². The van der Waals surface area contributed by atoms with Crippen LogP contribution in [0.2, 0.25) is 0 Å². The summed E-state index contributed by atoms with van der Waals surface area (Å²) in [6, 6.07) is 5.96. The summed E-state index contributed by atoms with van der Waals surface area (Å²) in [5.41, 5.74) is 3.31. The molecule has 0 aliphatic heterocycles. The van der Waals surface area contributed by atoms with E-state index >= 15 is 0 Å². The number of rotatable bonds is 3. The summed E-state index contributed by atoms with van der Waals surface area (Å²) in [6.07, 6.45) is 3.45. The van der Waals surface area contributed by atoms with E-state index in [1.54, 1.807) is 0 Å². The van der Waals surface area contributed by atoms with Crippen LogP contribution in [-0.2, 0) is 6.42 Å². The van der Waals surface area contributed by atoms with Gasteiger partial charge in [0.1, 0.15) is 6.26 Å². The standard InChI is InChI=1S/C13H14N2O2/c1-3-10-6-4-5-9(2)12(10)15-13(16)11-7-17-8-14-11/h4-8H,3H2,1-2H3,(H,15,16). The zero-order valence-electron chi connectivity index (χ0n) is 9.86. The number of nitrogens with one attached hydrogen (secondary N) is 1. The minimum Gasteiger partial charge on any atom is -0.451 e. The number of aromatic nitrogens is 1. The van der Waals surface area contributed by atoms with Gasteiger partial charge in [-0.1, -0.05) is 25.1 Å². The Morgan fingerprint density at radius 2 is 2.29 bits per heavy atom. The van der Waals surface area contributed by atoms with Crippen molar-refractivity contribution in [3.8, 4) is 0 Å². The first kappa shape index (κ1) is 11.4. The number of anilines is 1. The smallest absolute Gasteiger partial charge is 0.277 e. The Balaban J connectivity index is 2.27. The number of nitrogens with zero attached hydrogens (tertiary/aromatic N) is 1. The second-order valence-corrected chi connectivity index (χ2v) is 3.79. The molecule has 0 atom stereocenters. The van der Waals surface area contributed by atoms with Gasteiger partial charge in [-0.2, -0.15) is 0 Å². The van der Waals surface area contributed by atoms with Crippen LogP contribution >= 0.6 is 0 Å². The third kappa shape index (κ3) is 2.36. The van der Waals surface area contributed by atoms with Crippen molar-refractivity contribution in [3.05, 3.63) is 47.7 Å². The van der Waals surface area contributed by atoms with Crippen LogP contribution in [0.15, 0.2) is 35.3 Å². The number of hydrogen-bond acceptors (Lipinski definition) is 3. The third-order valence-electron chi connectivity index (χ3n) is 2.64. The van der Waals surface area contributed by atoms with E-state index in [0.717, 1.165) is 23.2 Å². The van der Waals surface area contributed by atoms with Crippen LogP contribution in [0.3, 0.4) is 0 Å². The molecule has 2 rings (SSSR count). The summed E-state index contributed by atoms with van der Waals surface area (Å²) < 4.78 is 4.79. The SMILES string of the molecule is CCc1cccc(C)c1NC(=O)c1cocn1. The van der Waals surface area contributed by atoms with Gasteiger partial charge in [0, 0.05) is 5.69 Å². The molecule has 0 aliphatic carbocycles. The van der Waals surface area contributed by atoms with Gasteiger partial charge < -0.3 is 9.73 Å². The van der Waals surface area contributed by atoms with Gasteiger partial charge in [-0.25, -0.2) is 4.98 Å². The third-order valence-corrected chi connectivity index (χ3v) is 2.64. The summed E-state index contributed by atoms with van der Waals surface area (Å²) in [4.78, 5) is 15.7. The van der Waals surface area contributed by atoms with Crippen LogP contribution in [0.5, 0.6) is 0 Å². The lowest BCUT2D eigenvalue weighted by molar-refractivity contribution is 0.102. The molecular formula is C13H14N2O2. The Morgan fingerprint density at radius 3 is 2.94 bits per heavy atom. The first-order valence-corrected chi connectivity index (χ1v) is 5.50. The van der Waals surface area contributed by atoms with Gasteiger partial charge in [0.25, 0.3) is 5.91 Å². The van der Waals surface area contributed by atoms with Gasteiger partial charge in [-0.3, -0.25) is 4.79 Å². The van der Waals surface area contributed by atoms with Gasteiger partial charge in [-0.05, 0) is 24.5 Å². The summed E-state index contributed by atoms with van der Waals surface area (Å²) in [6.45, 7) is 4.03. The number of aryl methyl sites for hydroxylation is 2. The molecule has 1 aromatic heterocycles. The average Bonchev–Trinajstić information content (AvgIpc) is 2.85. The molecule has 17 heavy (non-hydrogen) atoms. The normalized spacial score (nSPS) is 10.2. The van der Waals surface area contributed by atoms with Crippen molar-refractivity contribution in [2.75, 3.05) is 5.32 Å². The molecule has 1 heterocycles. The summed E-state index contributed by atoms with van der Waals surface area (Å²) in [7, 11) is 0. The van der Waals surface area contributed by atoms with Crippen molar-refractivity contribution in [3.63, 3.8) is 0 Å². The Morgan fingerprint density at radius 1 is 1.47 bits per heavy atom. The van der Waals surface area contributed by atoms with E-state index in [1.807, 2.05) is 25.1 Å². The van der Waals surface area contributed by atoms with Crippen LogP contribution in [0.4, 0.5) is 5.69 Å². The first-order chi connectivity index (χ1) is 8.22. The van der Waals surface area contributed by atoms with Crippen LogP contribution in [0, 0.1) is 6.92 Å². The van der Waals surface area contributed by atoms with Crippen molar-refractivity contribution in [1.29, 1.82) is 0 Å². The van der Waals surface area contributed by atoms with E-state index in [2.05, 4.69) is 17.2 Å². The van der Waals surface area contributed by atoms with Crippen molar-refractivity contribution in [1.82, 2.24) is 4.98 Å². The molecule has 88 valence electrons. The molecule has 0 spiro atoms. The maximum absolute atomic E-state index is 11.9. The van der Waals surface area contributed by atoms with Gasteiger partial charge in [-0.15, -0.1) is 0 Å². The van der Waals surface area contributed by atoms with Gasteiger partial charge in [0.05, 0.1) is 0 Å². The van der Waals surface area contributed by atoms with Crippen molar-refractivity contribution >= 4 is 11.6 Å². The fourth-order valence-electron chi connectivity index (χ4n) is 1.70. The molecule has 0 aliphatic rings. The number of carbonyl (C=O) groups excluding carboxylic acids is 1. The molecule has 1 aromatic carbocycles. The van der Waals surface area contributed by atoms with Gasteiger partial charge in [0.15, 0.2) is 12.1 Å². The number of oxazole rings is 1. The summed E-state index contributed by atoms with van der Waals surface area (Å²) >= 11 is 0. The number of hydrogen-bond donors (Lipinski definition) is 1. The van der Waals surface area contributed by atoms with E-state index < -0.39 is 0 Å². The van der Waals surface area contributed by atoms with E-state index in [-0.39, 0.29) is 11.6 Å². The van der Waals surface area contributed by atoms with Crippen molar-refractivity contribution in [2.24, 2.45) is 0 Å². The van der Waals surface area contributed by atoms with E-state index in [0.29, 0.717) is 0 Å². The highest BCUT2D eigenvalue weighted by molar-refractivity contribution is 6.03. The Labute approximate surface area is 99.7 Å². The highest BCUT2D eigenvalue weighted by atomic mass is 16.3. The molecule has 1 amide bonds. The highest BCUT2D eigenvalue weighted by Gasteiger charge is 2.12. The summed E-state index contributed by atoms with van der Waals surface area (Å²) in [5.74, 6) is -0.247. The summed E-state index contributed by atoms with van der Waals surface area (Å²) in [5, 5.41) is 2.87. The number of benzene rings is 1. The molecular weight excluding hydrogens is 216 g/mol. The predicted molar refractivity (Wildman–Crippen MR) is 65.0 cm³/mol. The molecule has 0 fully saturated rings. The second-order valence-electron chi connectivity index (χ2n) is 3.79. The number of carbonyl (C=O) groups is 1. The Bertz CT molecular complexity index is 518. The lowest BCUT2D eigenvalue weighted by Gasteiger charge is -2.11. The fraction of sp³-hybridized carbons (Fsp3) is 0.231. The maximum Gasteiger partial charge on any atom is 0.277 e. The average molecular weight is 230 g/mol. The number of para-hydroxylation sites is 1. The highest BCUT2D eigenvalue weighted by Crippen LogP contribution is 2.21. The molecule has 2 aromatic rings. The van der Waals surface area contributed by atoms with Crippen molar-refractivity contribution in [2.45, 2.75) is 20.3 Å². The molecule has 1 N–H and O–H groups in total. The first-order valence-electron chi connectivity index (χ1n) is 5.50. The quantitative estimate of drug-likeness (QED) is 0.882. The van der Waals surface area contributed by atoms with Crippen LogP contribution < -0.4 is 5.32 Å². The molecule has 0 saturated carbocycles. The molecule has 0 unspecified atom stereocenters. The lowest BCUT2D eigenvalue weighted by Crippen LogP contribution is -2.14. The molecule has 4 nitrogen and oxygen atoms in total. The van der Waals surface area contributed by atoms with Crippen molar-refractivity contribution < 1.29 is 9.21 Å². The van der Waals surface area contributed by atoms with E-state index in [1.165, 1.54) is 12.7 Å². The molecule has 0 bridgehead atoms. The minimum absolute atomic E-state index is 0.247. The van der Waals surface area contributed by atoms with E-state index in [9.17, 15) is 4.79 Å². The van der Waals surface area contributed by atoms with Gasteiger partial charge >= 0.3 is 0 Å². The Hall–Kier alpha value is -2.10. The van der Waals surface area contributed by atoms with E-state index in [4.69, 9.17) is 4.42 Å². The predicted octanol–water partition coefficient (Wildman–Crippen LogP) is 2.80. The zero-order valence-corrected chi connectivity index (χ0v) is 9.86. The second kappa shape index (κ2) is 4.82. The van der Waals surface area contributed by atoms with Gasteiger partial charge in [0.2, 0.25) is 0 Å². The monoisotopic (exact) mass is 230 g/mol. The molecule has 0 radical (unpaired) electrons. The van der Waals surface area contributed by atoms with Crippen LogP contribution in [0.1, 0.15) is 28.5 Å². The number of amides is 1. The largest absolute Gasteiger partial charge is 0.451 e. The topological polar surface area (TPSA) is 55.1 Å². The fourth-order valence-corrected chi connectivity index (χ4v) is 1.70. The lowest BCUT2D eigenvalue weighted by atomic mass is 10.1.